The Kier molecular flexibility index (Phi) is 33.8. The molecule has 0 aliphatic carbocycles. The fraction of sp³-hybridized carbons (Fsp3) is 0.769. The number of phosphoric acid groups is 1. The van der Waals surface area contributed by atoms with Crippen molar-refractivity contribution >= 4 is 25.5 Å². The zero-order valence-corrected chi connectivity index (χ0v) is 32.3. The molecule has 0 aromatic heterocycles. The molecular weight excluding hydrogens is 657 g/mol. The van der Waals surface area contributed by atoms with Gasteiger partial charge in [0.05, 0.1) is 13.2 Å². The number of unbranched alkanes of at least 4 members (excludes halogenated alkanes) is 16. The Morgan fingerprint density at radius 2 is 1.16 bits per heavy atom. The lowest BCUT2D eigenvalue weighted by Gasteiger charge is -2.19. The smallest absolute Gasteiger partial charge is 0.462 e. The first-order valence-corrected chi connectivity index (χ1v) is 20.9. The highest BCUT2D eigenvalue weighted by molar-refractivity contribution is 7.47. The van der Waals surface area contributed by atoms with Crippen LogP contribution in [0.4, 0.5) is 0 Å². The first kappa shape index (κ1) is 47.9. The van der Waals surface area contributed by atoms with Crippen molar-refractivity contribution in [2.45, 2.75) is 168 Å². The van der Waals surface area contributed by atoms with Crippen molar-refractivity contribution < 1.29 is 42.4 Å². The number of carbonyl (C=O) groups excluding carboxylic acids is 3. The molecule has 3 N–H and O–H groups in total. The van der Waals surface area contributed by atoms with E-state index < -0.39 is 32.5 Å². The molecule has 0 rings (SSSR count). The van der Waals surface area contributed by atoms with Crippen molar-refractivity contribution in [3.05, 3.63) is 36.5 Å². The maximum absolute atomic E-state index is 12.5. The van der Waals surface area contributed by atoms with Gasteiger partial charge in [-0.3, -0.25) is 23.4 Å². The Bertz CT molecular complexity index is 983. The fourth-order valence-electron chi connectivity index (χ4n) is 5.02. The summed E-state index contributed by atoms with van der Waals surface area (Å²) >= 11 is 0. The molecule has 0 spiro atoms. The molecule has 10 nitrogen and oxygen atoms in total. The second-order valence-corrected chi connectivity index (χ2v) is 14.3. The van der Waals surface area contributed by atoms with Crippen molar-refractivity contribution in [3.8, 4) is 0 Å². The van der Waals surface area contributed by atoms with Crippen LogP contribution < -0.4 is 5.73 Å². The van der Waals surface area contributed by atoms with E-state index in [0.29, 0.717) is 19.3 Å². The summed E-state index contributed by atoms with van der Waals surface area (Å²) in [7, 11) is -4.39. The molecule has 0 aliphatic heterocycles. The van der Waals surface area contributed by atoms with Crippen LogP contribution in [0.25, 0.3) is 0 Å². The van der Waals surface area contributed by atoms with Crippen LogP contribution in [0.15, 0.2) is 36.5 Å². The standard InChI is InChI=1S/C39H70NO9P/c1-3-5-7-8-9-10-11-12-13-16-20-23-27-31-39(43)49-37(35-48-50(44,45)47-33-32-40)34-46-38(42)30-26-22-19-17-14-15-18-21-25-29-36(41)28-24-6-4-2/h10-11,18,21,25,29,37H,3-9,12-17,19-20,22-24,26-28,30-35,40H2,1-2H3,(H,44,45)/b11-10-,21-18-,29-25+/t37-/m1/s1. The Hall–Kier alpha value is -2.10. The number of ketones is 1. The number of ether oxygens (including phenoxy) is 2. The average molecular weight is 728 g/mol. The summed E-state index contributed by atoms with van der Waals surface area (Å²) in [6.45, 7) is 3.48. The molecule has 0 heterocycles. The molecule has 0 aromatic carbocycles. The summed E-state index contributed by atoms with van der Waals surface area (Å²) in [5.74, 6) is -0.727. The number of carbonyl (C=O) groups is 3. The zero-order valence-electron chi connectivity index (χ0n) is 31.4. The van der Waals surface area contributed by atoms with Gasteiger partial charge in [-0.1, -0.05) is 115 Å². The molecule has 290 valence electrons. The molecule has 0 amide bonds. The Labute approximate surface area is 303 Å². The van der Waals surface area contributed by atoms with Crippen LogP contribution in [0, 0.1) is 0 Å². The van der Waals surface area contributed by atoms with Crippen LogP contribution in [-0.2, 0) is 37.5 Å². The van der Waals surface area contributed by atoms with Crippen molar-refractivity contribution in [3.63, 3.8) is 0 Å². The van der Waals surface area contributed by atoms with Gasteiger partial charge in [-0.2, -0.15) is 0 Å². The largest absolute Gasteiger partial charge is 0.472 e. The quantitative estimate of drug-likeness (QED) is 0.0159. The van der Waals surface area contributed by atoms with Crippen molar-refractivity contribution in [2.24, 2.45) is 5.73 Å². The van der Waals surface area contributed by atoms with E-state index >= 15 is 0 Å². The summed E-state index contributed by atoms with van der Waals surface area (Å²) in [5.41, 5.74) is 5.32. The van der Waals surface area contributed by atoms with Crippen LogP contribution in [0.5, 0.6) is 0 Å². The topological polar surface area (TPSA) is 151 Å². The Balaban J connectivity index is 4.30. The first-order valence-electron chi connectivity index (χ1n) is 19.4. The van der Waals surface area contributed by atoms with Crippen LogP contribution in [0.2, 0.25) is 0 Å². The Morgan fingerprint density at radius 1 is 0.640 bits per heavy atom. The lowest BCUT2D eigenvalue weighted by atomic mass is 10.1. The van der Waals surface area contributed by atoms with Gasteiger partial charge in [0, 0.05) is 25.8 Å². The molecule has 2 atom stereocenters. The molecule has 0 saturated carbocycles. The van der Waals surface area contributed by atoms with Gasteiger partial charge in [0.25, 0.3) is 0 Å². The molecule has 0 saturated heterocycles. The van der Waals surface area contributed by atoms with Gasteiger partial charge in [-0.25, -0.2) is 4.57 Å². The second-order valence-electron chi connectivity index (χ2n) is 12.8. The summed E-state index contributed by atoms with van der Waals surface area (Å²) < 4.78 is 32.6. The van der Waals surface area contributed by atoms with Gasteiger partial charge in [0.15, 0.2) is 11.9 Å². The van der Waals surface area contributed by atoms with Gasteiger partial charge in [0.2, 0.25) is 0 Å². The molecule has 0 fully saturated rings. The van der Waals surface area contributed by atoms with Crippen molar-refractivity contribution in [2.75, 3.05) is 26.4 Å². The van der Waals surface area contributed by atoms with Crippen molar-refractivity contribution in [1.82, 2.24) is 0 Å². The van der Waals surface area contributed by atoms with E-state index in [2.05, 4.69) is 32.1 Å². The fourth-order valence-corrected chi connectivity index (χ4v) is 5.79. The number of hydrogen-bond donors (Lipinski definition) is 2. The van der Waals surface area contributed by atoms with Gasteiger partial charge < -0.3 is 20.1 Å². The predicted octanol–water partition coefficient (Wildman–Crippen LogP) is 9.78. The molecule has 0 aromatic rings. The van der Waals surface area contributed by atoms with Crippen LogP contribution in [0.1, 0.15) is 162 Å². The van der Waals surface area contributed by atoms with Crippen LogP contribution in [-0.4, -0.2) is 55.1 Å². The number of nitrogens with two attached hydrogens (primary N) is 1. The van der Waals surface area contributed by atoms with E-state index in [1.807, 2.05) is 12.2 Å². The highest BCUT2D eigenvalue weighted by Gasteiger charge is 2.26. The average Bonchev–Trinajstić information content (AvgIpc) is 3.09. The molecular formula is C39H70NO9P. The second kappa shape index (κ2) is 35.3. The van der Waals surface area contributed by atoms with Crippen LogP contribution in [0.3, 0.4) is 0 Å². The molecule has 50 heavy (non-hydrogen) atoms. The third-order valence-corrected chi connectivity index (χ3v) is 8.96. The maximum atomic E-state index is 12.5. The summed E-state index contributed by atoms with van der Waals surface area (Å²) in [5, 5.41) is 0. The minimum Gasteiger partial charge on any atom is -0.462 e. The highest BCUT2D eigenvalue weighted by atomic mass is 31.2. The van der Waals surface area contributed by atoms with Crippen LogP contribution >= 0.6 is 7.82 Å². The lowest BCUT2D eigenvalue weighted by Crippen LogP contribution is -2.29. The van der Waals surface area contributed by atoms with E-state index in [-0.39, 0.29) is 38.4 Å². The molecule has 0 bridgehead atoms. The normalized spacial score (nSPS) is 13.7. The van der Waals surface area contributed by atoms with Gasteiger partial charge >= 0.3 is 19.8 Å². The summed E-state index contributed by atoms with van der Waals surface area (Å²) in [6.07, 6.45) is 33.0. The van der Waals surface area contributed by atoms with E-state index in [1.54, 1.807) is 6.08 Å². The number of esters is 2. The van der Waals surface area contributed by atoms with Crippen molar-refractivity contribution in [1.29, 1.82) is 0 Å². The molecule has 1 unspecified atom stereocenters. The minimum atomic E-state index is -4.39. The highest BCUT2D eigenvalue weighted by Crippen LogP contribution is 2.43. The molecule has 0 radical (unpaired) electrons. The maximum Gasteiger partial charge on any atom is 0.472 e. The number of phosphoric ester groups is 1. The summed E-state index contributed by atoms with van der Waals surface area (Å²) in [6, 6.07) is 0. The van der Waals surface area contributed by atoms with E-state index in [1.165, 1.54) is 25.7 Å². The number of allylic oxidation sites excluding steroid dienone is 6. The lowest BCUT2D eigenvalue weighted by molar-refractivity contribution is -0.161. The van der Waals surface area contributed by atoms with E-state index in [4.69, 9.17) is 24.3 Å². The Morgan fingerprint density at radius 3 is 1.78 bits per heavy atom. The third-order valence-electron chi connectivity index (χ3n) is 7.97. The van der Waals surface area contributed by atoms with Gasteiger partial charge in [-0.05, 0) is 63.9 Å². The zero-order chi connectivity index (χ0) is 37.0. The molecule has 0 aliphatic rings. The SMILES string of the molecule is CCCCCC/C=C\CCCCCCCC(=O)O[C@H](COC(=O)CCCCCCC/C=C\C=C\C(=O)CCCCC)COP(=O)(O)OCCN. The minimum absolute atomic E-state index is 0.0386. The summed E-state index contributed by atoms with van der Waals surface area (Å²) in [4.78, 5) is 46.4. The van der Waals surface area contributed by atoms with Gasteiger partial charge in [0.1, 0.15) is 6.61 Å². The first-order chi connectivity index (χ1) is 24.2. The predicted molar refractivity (Wildman–Crippen MR) is 202 cm³/mol. The van der Waals surface area contributed by atoms with Gasteiger partial charge in [-0.15, -0.1) is 0 Å². The number of rotatable bonds is 36. The molecule has 11 heteroatoms. The number of hydrogen-bond acceptors (Lipinski definition) is 9. The third kappa shape index (κ3) is 34.4. The van der Waals surface area contributed by atoms with E-state index in [9.17, 15) is 23.8 Å². The van der Waals surface area contributed by atoms with E-state index in [0.717, 1.165) is 89.9 Å². The monoisotopic (exact) mass is 727 g/mol.